The molecular weight excluding hydrogens is 240 g/mol. The highest BCUT2D eigenvalue weighted by molar-refractivity contribution is 5.73. The number of nitrogens with one attached hydrogen (secondary N) is 1. The summed E-state index contributed by atoms with van der Waals surface area (Å²) in [4.78, 5) is 15.9. The topological polar surface area (TPSA) is 52.2 Å². The number of rotatable bonds is 2. The van der Waals surface area contributed by atoms with Crippen molar-refractivity contribution in [2.45, 2.75) is 38.1 Å². The Bertz CT molecular complexity index is 423. The monoisotopic (exact) mass is 262 g/mol. The Labute approximate surface area is 114 Å². The molecule has 2 aliphatic rings. The van der Waals surface area contributed by atoms with Crippen molar-refractivity contribution >= 4 is 5.91 Å². The lowest BCUT2D eigenvalue weighted by molar-refractivity contribution is -0.130. The average molecular weight is 262 g/mol. The molecule has 19 heavy (non-hydrogen) atoms. The molecule has 3 rings (SSSR count). The zero-order valence-corrected chi connectivity index (χ0v) is 11.5. The molecule has 5 heteroatoms. The normalized spacial score (nSPS) is 25.9. The maximum Gasteiger partial charge on any atom is 0.219 e. The number of aromatic nitrogens is 2. The quantitative estimate of drug-likeness (QED) is 0.871. The summed E-state index contributed by atoms with van der Waals surface area (Å²) in [5.41, 5.74) is 1.27. The number of hydrogen-bond acceptors (Lipinski definition) is 3. The zero-order chi connectivity index (χ0) is 13.2. The number of amides is 1. The van der Waals surface area contributed by atoms with Crippen LogP contribution in [-0.2, 0) is 4.79 Å². The van der Waals surface area contributed by atoms with Crippen molar-refractivity contribution in [1.29, 1.82) is 0 Å². The highest BCUT2D eigenvalue weighted by Gasteiger charge is 2.32. The molecule has 0 unspecified atom stereocenters. The van der Waals surface area contributed by atoms with Gasteiger partial charge < -0.3 is 4.90 Å². The number of H-pyrrole nitrogens is 1. The third kappa shape index (κ3) is 2.66. The van der Waals surface area contributed by atoms with Gasteiger partial charge in [-0.25, -0.2) is 0 Å². The standard InChI is InChI=1S/C14H22N4O/c1-11(19)17-8-4-13(5-9-17)18-7-3-12(10-18)14-2-6-15-16-14/h2,6,12-13H,3-5,7-10H2,1H3,(H,15,16)/t12-/m0/s1. The molecule has 2 aliphatic heterocycles. The number of nitrogens with zero attached hydrogens (tertiary/aromatic N) is 3. The van der Waals surface area contributed by atoms with E-state index in [2.05, 4.69) is 21.2 Å². The number of likely N-dealkylation sites (tertiary alicyclic amines) is 2. The first-order valence-electron chi connectivity index (χ1n) is 7.23. The van der Waals surface area contributed by atoms with Gasteiger partial charge >= 0.3 is 0 Å². The minimum atomic E-state index is 0.218. The Hall–Kier alpha value is -1.36. The van der Waals surface area contributed by atoms with Gasteiger partial charge in [0.25, 0.3) is 0 Å². The Kier molecular flexibility index (Phi) is 3.55. The molecule has 0 saturated carbocycles. The van der Waals surface area contributed by atoms with Crippen molar-refractivity contribution in [3.63, 3.8) is 0 Å². The largest absolute Gasteiger partial charge is 0.343 e. The molecule has 0 aromatic carbocycles. The lowest BCUT2D eigenvalue weighted by Gasteiger charge is -2.36. The van der Waals surface area contributed by atoms with Gasteiger partial charge in [0, 0.05) is 50.4 Å². The van der Waals surface area contributed by atoms with Gasteiger partial charge in [-0.2, -0.15) is 5.10 Å². The van der Waals surface area contributed by atoms with Crippen LogP contribution >= 0.6 is 0 Å². The predicted molar refractivity (Wildman–Crippen MR) is 72.8 cm³/mol. The molecule has 104 valence electrons. The van der Waals surface area contributed by atoms with Gasteiger partial charge in [-0.1, -0.05) is 0 Å². The number of carbonyl (C=O) groups excluding carboxylic acids is 1. The van der Waals surface area contributed by atoms with Crippen molar-refractivity contribution in [3.05, 3.63) is 18.0 Å². The molecular formula is C14H22N4O. The van der Waals surface area contributed by atoms with Crippen LogP contribution in [0.3, 0.4) is 0 Å². The Morgan fingerprint density at radius 2 is 2.11 bits per heavy atom. The van der Waals surface area contributed by atoms with E-state index >= 15 is 0 Å². The van der Waals surface area contributed by atoms with E-state index in [9.17, 15) is 4.79 Å². The minimum Gasteiger partial charge on any atom is -0.343 e. The second-order valence-electron chi connectivity index (χ2n) is 5.73. The van der Waals surface area contributed by atoms with Crippen LogP contribution < -0.4 is 0 Å². The van der Waals surface area contributed by atoms with Crippen molar-refractivity contribution < 1.29 is 4.79 Å². The van der Waals surface area contributed by atoms with Crippen LogP contribution in [-0.4, -0.2) is 58.1 Å². The summed E-state index contributed by atoms with van der Waals surface area (Å²) in [6.07, 6.45) is 5.29. The Morgan fingerprint density at radius 3 is 2.74 bits per heavy atom. The zero-order valence-electron chi connectivity index (χ0n) is 11.5. The summed E-state index contributed by atoms with van der Waals surface area (Å²) < 4.78 is 0. The number of piperidine rings is 1. The van der Waals surface area contributed by atoms with E-state index in [0.717, 1.165) is 32.5 Å². The fraction of sp³-hybridized carbons (Fsp3) is 0.714. The summed E-state index contributed by atoms with van der Waals surface area (Å²) in [5.74, 6) is 0.823. The van der Waals surface area contributed by atoms with Crippen LogP contribution in [0.15, 0.2) is 12.3 Å². The summed E-state index contributed by atoms with van der Waals surface area (Å²) in [5, 5.41) is 7.14. The van der Waals surface area contributed by atoms with Crippen molar-refractivity contribution in [2.24, 2.45) is 0 Å². The molecule has 1 atom stereocenters. The maximum atomic E-state index is 11.3. The van der Waals surface area contributed by atoms with Crippen molar-refractivity contribution in [1.82, 2.24) is 20.0 Å². The SMILES string of the molecule is CC(=O)N1CCC(N2CC[C@H](c3ccn[nH]3)C2)CC1. The van der Waals surface area contributed by atoms with E-state index < -0.39 is 0 Å². The first-order chi connectivity index (χ1) is 9.24. The molecule has 3 heterocycles. The van der Waals surface area contributed by atoms with Gasteiger partial charge in [0.2, 0.25) is 5.91 Å². The first-order valence-corrected chi connectivity index (χ1v) is 7.23. The van der Waals surface area contributed by atoms with E-state index in [1.54, 1.807) is 6.92 Å². The molecule has 1 aromatic rings. The molecule has 1 aromatic heterocycles. The molecule has 0 aliphatic carbocycles. The van der Waals surface area contributed by atoms with Gasteiger partial charge in [0.1, 0.15) is 0 Å². The van der Waals surface area contributed by atoms with Gasteiger partial charge in [-0.3, -0.25) is 14.8 Å². The summed E-state index contributed by atoms with van der Waals surface area (Å²) >= 11 is 0. The Morgan fingerprint density at radius 1 is 1.32 bits per heavy atom. The van der Waals surface area contributed by atoms with Crippen molar-refractivity contribution in [2.75, 3.05) is 26.2 Å². The fourth-order valence-corrected chi connectivity index (χ4v) is 3.41. The third-order valence-corrected chi connectivity index (χ3v) is 4.61. The van der Waals surface area contributed by atoms with Crippen LogP contribution in [0.1, 0.15) is 37.8 Å². The summed E-state index contributed by atoms with van der Waals surface area (Å²) in [6, 6.07) is 2.75. The van der Waals surface area contributed by atoms with E-state index in [1.165, 1.54) is 18.7 Å². The lowest BCUT2D eigenvalue weighted by atomic mass is 10.0. The molecule has 0 bridgehead atoms. The maximum absolute atomic E-state index is 11.3. The van der Waals surface area contributed by atoms with E-state index in [4.69, 9.17) is 0 Å². The van der Waals surface area contributed by atoms with Gasteiger partial charge in [0.05, 0.1) is 0 Å². The van der Waals surface area contributed by atoms with Gasteiger partial charge in [-0.05, 0) is 31.9 Å². The molecule has 0 radical (unpaired) electrons. The lowest BCUT2D eigenvalue weighted by Crippen LogP contribution is -2.45. The summed E-state index contributed by atoms with van der Waals surface area (Å²) in [7, 11) is 0. The highest BCUT2D eigenvalue weighted by atomic mass is 16.2. The second kappa shape index (κ2) is 5.33. The fourth-order valence-electron chi connectivity index (χ4n) is 3.41. The molecule has 5 nitrogen and oxygen atoms in total. The van der Waals surface area contributed by atoms with Crippen LogP contribution in [0, 0.1) is 0 Å². The molecule has 2 fully saturated rings. The summed E-state index contributed by atoms with van der Waals surface area (Å²) in [6.45, 7) is 5.82. The van der Waals surface area contributed by atoms with Crippen molar-refractivity contribution in [3.8, 4) is 0 Å². The minimum absolute atomic E-state index is 0.218. The molecule has 0 spiro atoms. The smallest absolute Gasteiger partial charge is 0.219 e. The number of aromatic amines is 1. The Balaban J connectivity index is 1.53. The highest BCUT2D eigenvalue weighted by Crippen LogP contribution is 2.29. The van der Waals surface area contributed by atoms with Crippen LogP contribution in [0.2, 0.25) is 0 Å². The van der Waals surface area contributed by atoms with Crippen LogP contribution in [0.25, 0.3) is 0 Å². The van der Waals surface area contributed by atoms with Gasteiger partial charge in [-0.15, -0.1) is 0 Å². The number of hydrogen-bond donors (Lipinski definition) is 1. The van der Waals surface area contributed by atoms with E-state index in [1.807, 2.05) is 11.1 Å². The molecule has 1 N–H and O–H groups in total. The number of carbonyl (C=O) groups is 1. The van der Waals surface area contributed by atoms with Gasteiger partial charge in [0.15, 0.2) is 0 Å². The van der Waals surface area contributed by atoms with Crippen LogP contribution in [0.4, 0.5) is 0 Å². The van der Waals surface area contributed by atoms with Crippen LogP contribution in [0.5, 0.6) is 0 Å². The predicted octanol–water partition coefficient (Wildman–Crippen LogP) is 1.21. The molecule has 2 saturated heterocycles. The molecule has 1 amide bonds. The first kappa shape index (κ1) is 12.7. The van der Waals surface area contributed by atoms with E-state index in [0.29, 0.717) is 12.0 Å². The van der Waals surface area contributed by atoms with E-state index in [-0.39, 0.29) is 5.91 Å². The third-order valence-electron chi connectivity index (χ3n) is 4.61. The average Bonchev–Trinajstić information content (AvgIpc) is 3.10. The second-order valence-corrected chi connectivity index (χ2v) is 5.73.